The maximum atomic E-state index is 13.7. The Morgan fingerprint density at radius 1 is 0.949 bits per heavy atom. The van der Waals surface area contributed by atoms with Gasteiger partial charge in [0.05, 0.1) is 16.6 Å². The van der Waals surface area contributed by atoms with Crippen LogP contribution in [0.4, 0.5) is 5.95 Å². The zero-order valence-corrected chi connectivity index (χ0v) is 24.5. The summed E-state index contributed by atoms with van der Waals surface area (Å²) in [6.07, 6.45) is 1.01. The van der Waals surface area contributed by atoms with Crippen LogP contribution in [0.2, 0.25) is 0 Å². The number of anilines is 1. The van der Waals surface area contributed by atoms with Crippen LogP contribution < -0.4 is 9.46 Å². The van der Waals surface area contributed by atoms with Gasteiger partial charge < -0.3 is 9.64 Å². The van der Waals surface area contributed by atoms with E-state index in [4.69, 9.17) is 4.74 Å². The second-order valence-electron chi connectivity index (χ2n) is 11.2. The molecule has 4 rings (SSSR count). The van der Waals surface area contributed by atoms with E-state index >= 15 is 0 Å². The summed E-state index contributed by atoms with van der Waals surface area (Å²) in [4.78, 5) is 24.4. The SMILES string of the molecule is Cc1cccc(C)c1-c1cc2nc(n1)NS(=O)(=O)c1cccc(c1)C(=O)N(C)[C@H](CC(C)C)[C@H](CC(C)C)O2. The summed E-state index contributed by atoms with van der Waals surface area (Å²) in [7, 11) is -2.32. The summed E-state index contributed by atoms with van der Waals surface area (Å²) in [5, 5.41) is 0. The number of amides is 1. The fourth-order valence-electron chi connectivity index (χ4n) is 5.15. The van der Waals surface area contributed by atoms with Crippen LogP contribution in [-0.4, -0.2) is 48.4 Å². The van der Waals surface area contributed by atoms with Crippen molar-refractivity contribution in [3.63, 3.8) is 0 Å². The third-order valence-corrected chi connectivity index (χ3v) is 8.32. The number of carbonyl (C=O) groups excluding carboxylic acids is 1. The Labute approximate surface area is 231 Å². The number of hydrogen-bond acceptors (Lipinski definition) is 6. The van der Waals surface area contributed by atoms with E-state index in [2.05, 4.69) is 42.4 Å². The van der Waals surface area contributed by atoms with E-state index in [9.17, 15) is 13.2 Å². The molecule has 9 heteroatoms. The molecule has 2 aromatic carbocycles. The molecule has 4 bridgehead atoms. The van der Waals surface area contributed by atoms with Gasteiger partial charge in [0.15, 0.2) is 0 Å². The molecule has 1 aliphatic rings. The molecular weight excluding hydrogens is 512 g/mol. The zero-order valence-electron chi connectivity index (χ0n) is 23.7. The molecule has 8 nitrogen and oxygen atoms in total. The second kappa shape index (κ2) is 11.3. The number of likely N-dealkylation sites (N-methyl/N-ethyl adjacent to an activating group) is 1. The van der Waals surface area contributed by atoms with Crippen LogP contribution in [0.3, 0.4) is 0 Å². The van der Waals surface area contributed by atoms with E-state index in [1.54, 1.807) is 30.1 Å². The van der Waals surface area contributed by atoms with Gasteiger partial charge in [0.25, 0.3) is 15.9 Å². The van der Waals surface area contributed by atoms with Gasteiger partial charge in [-0.2, -0.15) is 4.98 Å². The number of rotatable bonds is 5. The molecule has 2 atom stereocenters. The molecule has 0 unspecified atom stereocenters. The minimum Gasteiger partial charge on any atom is -0.472 e. The Balaban J connectivity index is 1.97. The van der Waals surface area contributed by atoms with Crippen molar-refractivity contribution in [3.8, 4) is 17.1 Å². The highest BCUT2D eigenvalue weighted by molar-refractivity contribution is 7.92. The summed E-state index contributed by atoms with van der Waals surface area (Å²) >= 11 is 0. The molecule has 1 aliphatic heterocycles. The predicted molar refractivity (Wildman–Crippen MR) is 153 cm³/mol. The van der Waals surface area contributed by atoms with Crippen molar-refractivity contribution >= 4 is 21.9 Å². The highest BCUT2D eigenvalue weighted by atomic mass is 32.2. The average molecular weight is 551 g/mol. The molecule has 39 heavy (non-hydrogen) atoms. The number of fused-ring (bicyclic) bond motifs is 4. The standard InChI is InChI=1S/C30H38N4O4S/c1-18(2)14-25-26(15-19(3)4)38-27-17-24(28-20(5)10-8-11-21(28)6)31-30(32-27)33-39(36,37)23-13-9-12-22(16-23)29(35)34(25)7/h8-13,16-19,25-26H,14-15H2,1-7H3,(H,31,32,33)/t25-,26+/m1/s1. The van der Waals surface area contributed by atoms with Crippen LogP contribution in [0.5, 0.6) is 5.88 Å². The summed E-state index contributed by atoms with van der Waals surface area (Å²) in [5.74, 6) is 0.483. The maximum Gasteiger partial charge on any atom is 0.264 e. The number of benzene rings is 2. The van der Waals surface area contributed by atoms with Gasteiger partial charge in [-0.3, -0.25) is 4.79 Å². The van der Waals surface area contributed by atoms with E-state index in [1.807, 2.05) is 32.0 Å². The fourth-order valence-corrected chi connectivity index (χ4v) is 6.14. The molecule has 3 aromatic rings. The number of nitrogens with zero attached hydrogens (tertiary/aromatic N) is 3. The largest absolute Gasteiger partial charge is 0.472 e. The van der Waals surface area contributed by atoms with Crippen LogP contribution in [0.25, 0.3) is 11.3 Å². The van der Waals surface area contributed by atoms with Crippen molar-refractivity contribution in [3.05, 3.63) is 65.2 Å². The minimum atomic E-state index is -4.09. The second-order valence-corrected chi connectivity index (χ2v) is 12.9. The fraction of sp³-hybridized carbons (Fsp3) is 0.433. The lowest BCUT2D eigenvalue weighted by atomic mass is 9.92. The Kier molecular flexibility index (Phi) is 8.30. The first-order valence-corrected chi connectivity index (χ1v) is 14.9. The molecule has 1 aromatic heterocycles. The Bertz CT molecular complexity index is 1450. The van der Waals surface area contributed by atoms with Gasteiger partial charge in [0.2, 0.25) is 11.8 Å². The first-order valence-electron chi connectivity index (χ1n) is 13.4. The van der Waals surface area contributed by atoms with Gasteiger partial charge in [-0.15, -0.1) is 0 Å². The number of aromatic nitrogens is 2. The smallest absolute Gasteiger partial charge is 0.264 e. The summed E-state index contributed by atoms with van der Waals surface area (Å²) in [6.45, 7) is 12.4. The normalized spacial score (nSPS) is 19.1. The summed E-state index contributed by atoms with van der Waals surface area (Å²) in [5.41, 5.74) is 3.75. The lowest BCUT2D eigenvalue weighted by Crippen LogP contribution is -2.48. The van der Waals surface area contributed by atoms with Gasteiger partial charge in [-0.25, -0.2) is 18.1 Å². The molecule has 1 N–H and O–H groups in total. The lowest BCUT2D eigenvalue weighted by molar-refractivity contribution is 0.0386. The van der Waals surface area contributed by atoms with Gasteiger partial charge in [-0.1, -0.05) is 52.0 Å². The molecule has 208 valence electrons. The third kappa shape index (κ3) is 6.41. The third-order valence-electron chi connectivity index (χ3n) is 6.99. The topological polar surface area (TPSA) is 101 Å². The first kappa shape index (κ1) is 28.5. The Morgan fingerprint density at radius 2 is 1.59 bits per heavy atom. The molecule has 0 aliphatic carbocycles. The van der Waals surface area contributed by atoms with Crippen molar-refractivity contribution in [1.82, 2.24) is 14.9 Å². The van der Waals surface area contributed by atoms with Crippen LogP contribution in [-0.2, 0) is 10.0 Å². The molecule has 0 radical (unpaired) electrons. The van der Waals surface area contributed by atoms with E-state index in [0.29, 0.717) is 30.0 Å². The highest BCUT2D eigenvalue weighted by Gasteiger charge is 2.33. The van der Waals surface area contributed by atoms with Crippen molar-refractivity contribution < 1.29 is 17.9 Å². The van der Waals surface area contributed by atoms with Crippen LogP contribution in [0, 0.1) is 25.7 Å². The molecule has 0 spiro atoms. The molecule has 0 fully saturated rings. The number of sulfonamides is 1. The van der Waals surface area contributed by atoms with Crippen LogP contribution in [0.15, 0.2) is 53.4 Å². The van der Waals surface area contributed by atoms with Crippen molar-refractivity contribution in [2.75, 3.05) is 11.8 Å². The highest BCUT2D eigenvalue weighted by Crippen LogP contribution is 2.32. The van der Waals surface area contributed by atoms with Crippen LogP contribution >= 0.6 is 0 Å². The van der Waals surface area contributed by atoms with Gasteiger partial charge in [-0.05, 0) is 67.9 Å². The number of aryl methyl sites for hydroxylation is 2. The van der Waals surface area contributed by atoms with Crippen molar-refractivity contribution in [2.24, 2.45) is 11.8 Å². The molecule has 0 saturated heterocycles. The molecular formula is C30H38N4O4S. The number of hydrogen-bond donors (Lipinski definition) is 1. The molecule has 1 amide bonds. The predicted octanol–water partition coefficient (Wildman–Crippen LogP) is 5.86. The lowest BCUT2D eigenvalue weighted by Gasteiger charge is -2.36. The monoisotopic (exact) mass is 550 g/mol. The van der Waals surface area contributed by atoms with E-state index in [0.717, 1.165) is 16.7 Å². The Hall–Kier alpha value is -3.46. The Morgan fingerprint density at radius 3 is 2.23 bits per heavy atom. The number of nitrogens with one attached hydrogen (secondary N) is 1. The number of carbonyl (C=O) groups is 1. The van der Waals surface area contributed by atoms with Gasteiger partial charge >= 0.3 is 0 Å². The quantitative estimate of drug-likeness (QED) is 0.427. The average Bonchev–Trinajstić information content (AvgIpc) is 2.85. The summed E-state index contributed by atoms with van der Waals surface area (Å²) in [6, 6.07) is 13.5. The van der Waals surface area contributed by atoms with Crippen molar-refractivity contribution in [2.45, 2.75) is 71.4 Å². The molecule has 2 heterocycles. The summed E-state index contributed by atoms with van der Waals surface area (Å²) < 4.78 is 35.9. The van der Waals surface area contributed by atoms with Crippen LogP contribution in [0.1, 0.15) is 62.0 Å². The van der Waals surface area contributed by atoms with E-state index in [1.165, 1.54) is 12.1 Å². The van der Waals surface area contributed by atoms with Gasteiger partial charge in [0.1, 0.15) is 6.10 Å². The first-order chi connectivity index (χ1) is 18.4. The zero-order chi connectivity index (χ0) is 28.5. The van der Waals surface area contributed by atoms with Crippen molar-refractivity contribution in [1.29, 1.82) is 0 Å². The van der Waals surface area contributed by atoms with Gasteiger partial charge in [0, 0.05) is 24.2 Å². The number of ether oxygens (including phenoxy) is 1. The van der Waals surface area contributed by atoms with E-state index in [-0.39, 0.29) is 40.7 Å². The maximum absolute atomic E-state index is 13.7. The molecule has 0 saturated carbocycles. The van der Waals surface area contributed by atoms with E-state index < -0.39 is 10.0 Å². The minimum absolute atomic E-state index is 0.0383.